The first-order valence-electron chi connectivity index (χ1n) is 19.4. The van der Waals surface area contributed by atoms with E-state index in [0.29, 0.717) is 40.3 Å². The second kappa shape index (κ2) is 14.4. The average molecular weight is 757 g/mol. The summed E-state index contributed by atoms with van der Waals surface area (Å²) in [5.74, 6) is 2.50. The van der Waals surface area contributed by atoms with Crippen LogP contribution in [0, 0.1) is 0 Å². The van der Waals surface area contributed by atoms with Crippen LogP contribution in [0.25, 0.3) is 112 Å². The molecule has 7 heteroatoms. The Kier molecular flexibility index (Phi) is 8.33. The van der Waals surface area contributed by atoms with Gasteiger partial charge < -0.3 is 4.42 Å². The van der Waals surface area contributed by atoms with Crippen LogP contribution in [0.15, 0.2) is 199 Å². The molecule has 4 heterocycles. The summed E-state index contributed by atoms with van der Waals surface area (Å²) in [4.78, 5) is 29.9. The summed E-state index contributed by atoms with van der Waals surface area (Å²) in [7, 11) is 0. The Morgan fingerprint density at radius 2 is 0.797 bits per heavy atom. The summed E-state index contributed by atoms with van der Waals surface area (Å²) in [6.45, 7) is 0. The predicted octanol–water partition coefficient (Wildman–Crippen LogP) is 12.8. The van der Waals surface area contributed by atoms with Crippen LogP contribution in [0.3, 0.4) is 0 Å². The van der Waals surface area contributed by atoms with Crippen LogP contribution in [0.2, 0.25) is 0 Å². The third-order valence-electron chi connectivity index (χ3n) is 10.6. The zero-order valence-corrected chi connectivity index (χ0v) is 31.6. The van der Waals surface area contributed by atoms with Gasteiger partial charge in [-0.25, -0.2) is 29.9 Å². The molecule has 0 aliphatic rings. The maximum Gasteiger partial charge on any atom is 0.229 e. The lowest BCUT2D eigenvalue weighted by atomic mass is 9.94. The maximum atomic E-state index is 6.47. The SMILES string of the molecule is c1ccc(-c2cnc3oc4c(-c5ccc(-c6ccc(-c7nc(-c8ccccc8)nc(-c8ccccc8)n7)c7ccccc67)cc5)nc(-c5ccccc5)nc4c3c2)cc1. The first-order valence-corrected chi connectivity index (χ1v) is 19.4. The summed E-state index contributed by atoms with van der Waals surface area (Å²) >= 11 is 0. The maximum absolute atomic E-state index is 6.47. The van der Waals surface area contributed by atoms with Gasteiger partial charge in [-0.1, -0.05) is 176 Å². The second-order valence-electron chi connectivity index (χ2n) is 14.3. The first kappa shape index (κ1) is 34.1. The standard InChI is InChI=1S/C52H32N6O/c1-5-15-33(16-6-1)39-31-44-46-47(59-52(44)53-32-39)45(54-48(55-46)36-17-7-2-8-18-36)35-27-25-34(26-28-35)40-29-30-43(42-24-14-13-23-41(40)42)51-57-49(37-19-9-3-10-20-37)56-50(58-51)38-21-11-4-12-22-38/h1-32H. The van der Waals surface area contributed by atoms with E-state index in [1.54, 1.807) is 0 Å². The Bertz CT molecular complexity index is 3240. The molecule has 0 radical (unpaired) electrons. The van der Waals surface area contributed by atoms with Crippen molar-refractivity contribution in [3.05, 3.63) is 194 Å². The van der Waals surface area contributed by atoms with Crippen LogP contribution in [0.4, 0.5) is 0 Å². The summed E-state index contributed by atoms with van der Waals surface area (Å²) in [5.41, 5.74) is 11.4. The highest BCUT2D eigenvalue weighted by atomic mass is 16.3. The van der Waals surface area contributed by atoms with Crippen LogP contribution >= 0.6 is 0 Å². The van der Waals surface area contributed by atoms with E-state index in [1.165, 1.54) is 0 Å². The van der Waals surface area contributed by atoms with Crippen LogP contribution in [-0.2, 0) is 0 Å². The molecule has 0 spiro atoms. The number of benzene rings is 7. The molecule has 0 amide bonds. The molecule has 7 aromatic carbocycles. The Hall–Kier alpha value is -8.16. The monoisotopic (exact) mass is 756 g/mol. The molecule has 0 aliphatic heterocycles. The van der Waals surface area contributed by atoms with Crippen molar-refractivity contribution in [2.75, 3.05) is 0 Å². The predicted molar refractivity (Wildman–Crippen MR) is 236 cm³/mol. The molecule has 0 N–H and O–H groups in total. The van der Waals surface area contributed by atoms with Gasteiger partial charge in [-0.2, -0.15) is 0 Å². The molecule has 0 atom stereocenters. The van der Waals surface area contributed by atoms with E-state index in [-0.39, 0.29) is 0 Å². The molecule has 0 fully saturated rings. The van der Waals surface area contributed by atoms with Crippen molar-refractivity contribution < 1.29 is 4.42 Å². The van der Waals surface area contributed by atoms with Crippen LogP contribution in [0.1, 0.15) is 0 Å². The van der Waals surface area contributed by atoms with Gasteiger partial charge in [-0.15, -0.1) is 0 Å². The summed E-state index contributed by atoms with van der Waals surface area (Å²) in [6, 6.07) is 63.7. The molecule has 7 nitrogen and oxygen atoms in total. The van der Waals surface area contributed by atoms with Gasteiger partial charge >= 0.3 is 0 Å². The highest BCUT2D eigenvalue weighted by Crippen LogP contribution is 2.39. The molecule has 11 rings (SSSR count). The summed E-state index contributed by atoms with van der Waals surface area (Å²) in [5, 5.41) is 2.98. The van der Waals surface area contributed by atoms with Gasteiger partial charge in [-0.05, 0) is 39.6 Å². The molecule has 59 heavy (non-hydrogen) atoms. The van der Waals surface area contributed by atoms with E-state index in [9.17, 15) is 0 Å². The fraction of sp³-hybridized carbons (Fsp3) is 0. The minimum atomic E-state index is 0.522. The lowest BCUT2D eigenvalue weighted by Crippen LogP contribution is -2.00. The molecule has 11 aromatic rings. The Morgan fingerprint density at radius 3 is 1.39 bits per heavy atom. The smallest absolute Gasteiger partial charge is 0.229 e. The second-order valence-corrected chi connectivity index (χ2v) is 14.3. The van der Waals surface area contributed by atoms with Crippen molar-refractivity contribution in [3.8, 4) is 79.1 Å². The molecular weight excluding hydrogens is 725 g/mol. The molecule has 0 saturated heterocycles. The number of nitrogens with zero attached hydrogens (tertiary/aromatic N) is 6. The fourth-order valence-corrected chi connectivity index (χ4v) is 7.71. The van der Waals surface area contributed by atoms with Gasteiger partial charge in [0.25, 0.3) is 0 Å². The molecule has 0 saturated carbocycles. The first-order chi connectivity index (χ1) is 29.2. The molecular formula is C52H32N6O. The third-order valence-corrected chi connectivity index (χ3v) is 10.6. The molecule has 276 valence electrons. The van der Waals surface area contributed by atoms with E-state index in [2.05, 4.69) is 78.9 Å². The third kappa shape index (κ3) is 6.27. The molecule has 4 aromatic heterocycles. The average Bonchev–Trinajstić information content (AvgIpc) is 3.70. The Morgan fingerprint density at radius 1 is 0.322 bits per heavy atom. The van der Waals surface area contributed by atoms with Crippen molar-refractivity contribution >= 4 is 33.0 Å². The Labute approximate surface area is 339 Å². The zero-order valence-electron chi connectivity index (χ0n) is 31.6. The number of hydrogen-bond acceptors (Lipinski definition) is 7. The fourth-order valence-electron chi connectivity index (χ4n) is 7.71. The van der Waals surface area contributed by atoms with E-state index in [0.717, 1.165) is 71.7 Å². The normalized spacial score (nSPS) is 11.4. The van der Waals surface area contributed by atoms with Gasteiger partial charge in [-0.3, -0.25) is 0 Å². The minimum Gasteiger partial charge on any atom is -0.434 e. The van der Waals surface area contributed by atoms with Gasteiger partial charge in [0.2, 0.25) is 5.71 Å². The zero-order chi connectivity index (χ0) is 39.1. The van der Waals surface area contributed by atoms with Crippen molar-refractivity contribution in [2.45, 2.75) is 0 Å². The van der Waals surface area contributed by atoms with Crippen molar-refractivity contribution in [1.29, 1.82) is 0 Å². The number of hydrogen-bond donors (Lipinski definition) is 0. The topological polar surface area (TPSA) is 90.5 Å². The summed E-state index contributed by atoms with van der Waals surface area (Å²) < 4.78 is 6.47. The number of rotatable bonds is 7. The van der Waals surface area contributed by atoms with Crippen molar-refractivity contribution in [1.82, 2.24) is 29.9 Å². The number of aromatic nitrogens is 6. The number of pyridine rings is 1. The number of fused-ring (bicyclic) bond motifs is 4. The lowest BCUT2D eigenvalue weighted by Gasteiger charge is -2.13. The quantitative estimate of drug-likeness (QED) is 0.160. The van der Waals surface area contributed by atoms with Crippen molar-refractivity contribution in [2.24, 2.45) is 0 Å². The van der Waals surface area contributed by atoms with Gasteiger partial charge in [0.1, 0.15) is 11.2 Å². The minimum absolute atomic E-state index is 0.522. The van der Waals surface area contributed by atoms with E-state index in [4.69, 9.17) is 34.3 Å². The summed E-state index contributed by atoms with van der Waals surface area (Å²) in [6.07, 6.45) is 1.85. The Balaban J connectivity index is 1.02. The van der Waals surface area contributed by atoms with Gasteiger partial charge in [0.15, 0.2) is 28.9 Å². The highest BCUT2D eigenvalue weighted by molar-refractivity contribution is 6.08. The van der Waals surface area contributed by atoms with E-state index < -0.39 is 0 Å². The van der Waals surface area contributed by atoms with Crippen LogP contribution < -0.4 is 0 Å². The van der Waals surface area contributed by atoms with Crippen LogP contribution in [0.5, 0.6) is 0 Å². The molecule has 0 unspecified atom stereocenters. The van der Waals surface area contributed by atoms with Crippen LogP contribution in [-0.4, -0.2) is 29.9 Å². The lowest BCUT2D eigenvalue weighted by molar-refractivity contribution is 0.653. The molecule has 0 aliphatic carbocycles. The van der Waals surface area contributed by atoms with Gasteiger partial charge in [0.05, 0.1) is 5.39 Å². The van der Waals surface area contributed by atoms with Gasteiger partial charge in [0, 0.05) is 39.6 Å². The largest absolute Gasteiger partial charge is 0.434 e. The molecule has 0 bridgehead atoms. The number of furan rings is 1. The highest BCUT2D eigenvalue weighted by Gasteiger charge is 2.21. The van der Waals surface area contributed by atoms with E-state index >= 15 is 0 Å². The van der Waals surface area contributed by atoms with Crippen molar-refractivity contribution in [3.63, 3.8) is 0 Å². The van der Waals surface area contributed by atoms with E-state index in [1.807, 2.05) is 115 Å².